The van der Waals surface area contributed by atoms with Crippen LogP contribution in [0.2, 0.25) is 0 Å². The number of hydrogen-bond donors (Lipinski definition) is 1. The van der Waals surface area contributed by atoms with Gasteiger partial charge < -0.3 is 19.5 Å². The van der Waals surface area contributed by atoms with Crippen molar-refractivity contribution in [2.24, 2.45) is 5.92 Å². The van der Waals surface area contributed by atoms with Gasteiger partial charge in [0.05, 0.1) is 6.61 Å². The second kappa shape index (κ2) is 7.11. The third-order valence-corrected chi connectivity index (χ3v) is 3.79. The summed E-state index contributed by atoms with van der Waals surface area (Å²) in [7, 11) is 0. The summed E-state index contributed by atoms with van der Waals surface area (Å²) in [5, 5.41) is 9.58. The van der Waals surface area contributed by atoms with E-state index in [1.54, 1.807) is 17.0 Å². The topological polar surface area (TPSA) is 59.0 Å². The standard InChI is InChI=1S/C18H27NO4/c1-13-9-15(20)11-16(10-13)22-12-14-5-7-19(8-6-14)17(21)23-18(2,3)4/h9-11,14,20H,5-8,12H2,1-4H3. The zero-order valence-electron chi connectivity index (χ0n) is 14.5. The zero-order valence-corrected chi connectivity index (χ0v) is 14.5. The van der Waals surface area contributed by atoms with Gasteiger partial charge in [0.2, 0.25) is 0 Å². The van der Waals surface area contributed by atoms with Gasteiger partial charge in [-0.05, 0) is 64.2 Å². The lowest BCUT2D eigenvalue weighted by molar-refractivity contribution is 0.0165. The van der Waals surface area contributed by atoms with E-state index in [9.17, 15) is 9.90 Å². The van der Waals surface area contributed by atoms with Crippen LogP contribution in [0.4, 0.5) is 4.79 Å². The number of aromatic hydroxyl groups is 1. The van der Waals surface area contributed by atoms with Gasteiger partial charge in [0.1, 0.15) is 17.1 Å². The number of benzene rings is 1. The van der Waals surface area contributed by atoms with Crippen molar-refractivity contribution < 1.29 is 19.4 Å². The fourth-order valence-electron chi connectivity index (χ4n) is 2.63. The number of piperidine rings is 1. The Balaban J connectivity index is 1.77. The molecule has 0 aliphatic carbocycles. The van der Waals surface area contributed by atoms with E-state index in [4.69, 9.17) is 9.47 Å². The summed E-state index contributed by atoms with van der Waals surface area (Å²) in [4.78, 5) is 13.8. The maximum atomic E-state index is 12.0. The Morgan fingerprint density at radius 2 is 1.91 bits per heavy atom. The number of ether oxygens (including phenoxy) is 2. The van der Waals surface area contributed by atoms with Crippen molar-refractivity contribution in [2.75, 3.05) is 19.7 Å². The molecule has 0 bridgehead atoms. The second-order valence-corrected chi connectivity index (χ2v) is 7.23. The third-order valence-electron chi connectivity index (χ3n) is 3.79. The first-order chi connectivity index (χ1) is 10.7. The molecule has 1 aromatic rings. The number of aryl methyl sites for hydroxylation is 1. The maximum Gasteiger partial charge on any atom is 0.410 e. The number of phenols is 1. The Hall–Kier alpha value is -1.91. The molecule has 1 aliphatic heterocycles. The second-order valence-electron chi connectivity index (χ2n) is 7.23. The van der Waals surface area contributed by atoms with Crippen LogP contribution in [0, 0.1) is 12.8 Å². The highest BCUT2D eigenvalue weighted by Crippen LogP contribution is 2.24. The van der Waals surface area contributed by atoms with Crippen LogP contribution in [0.15, 0.2) is 18.2 Å². The van der Waals surface area contributed by atoms with Gasteiger partial charge in [0.25, 0.3) is 0 Å². The molecular weight excluding hydrogens is 294 g/mol. The molecule has 1 aromatic carbocycles. The molecule has 2 rings (SSSR count). The summed E-state index contributed by atoms with van der Waals surface area (Å²) >= 11 is 0. The van der Waals surface area contributed by atoms with Crippen LogP contribution >= 0.6 is 0 Å². The zero-order chi connectivity index (χ0) is 17.0. The lowest BCUT2D eigenvalue weighted by atomic mass is 9.98. The highest BCUT2D eigenvalue weighted by atomic mass is 16.6. The average Bonchev–Trinajstić information content (AvgIpc) is 2.43. The van der Waals surface area contributed by atoms with Gasteiger partial charge in [-0.25, -0.2) is 4.79 Å². The van der Waals surface area contributed by atoms with Gasteiger partial charge in [-0.15, -0.1) is 0 Å². The molecule has 1 N–H and O–H groups in total. The first kappa shape index (κ1) is 17.4. The van der Waals surface area contributed by atoms with Crippen molar-refractivity contribution in [1.82, 2.24) is 4.90 Å². The van der Waals surface area contributed by atoms with E-state index in [1.807, 2.05) is 33.8 Å². The van der Waals surface area contributed by atoms with E-state index in [0.717, 1.165) is 18.4 Å². The van der Waals surface area contributed by atoms with Gasteiger partial charge in [-0.3, -0.25) is 0 Å². The summed E-state index contributed by atoms with van der Waals surface area (Å²) in [6, 6.07) is 5.24. The van der Waals surface area contributed by atoms with E-state index in [1.165, 1.54) is 0 Å². The van der Waals surface area contributed by atoms with Gasteiger partial charge in [-0.1, -0.05) is 0 Å². The maximum absolute atomic E-state index is 12.0. The average molecular weight is 321 g/mol. The number of carbonyl (C=O) groups excluding carboxylic acids is 1. The molecule has 0 saturated carbocycles. The molecule has 1 amide bonds. The molecule has 1 saturated heterocycles. The smallest absolute Gasteiger partial charge is 0.410 e. The number of rotatable bonds is 3. The summed E-state index contributed by atoms with van der Waals surface area (Å²) < 4.78 is 11.2. The van der Waals surface area contributed by atoms with Crippen LogP contribution in [0.5, 0.6) is 11.5 Å². The minimum absolute atomic E-state index is 0.222. The van der Waals surface area contributed by atoms with Crippen molar-refractivity contribution in [3.63, 3.8) is 0 Å². The lowest BCUT2D eigenvalue weighted by Crippen LogP contribution is -2.42. The fraction of sp³-hybridized carbons (Fsp3) is 0.611. The van der Waals surface area contributed by atoms with E-state index < -0.39 is 5.60 Å². The summed E-state index contributed by atoms with van der Waals surface area (Å²) in [5.41, 5.74) is 0.518. The summed E-state index contributed by atoms with van der Waals surface area (Å²) in [6.07, 6.45) is 1.56. The van der Waals surface area contributed by atoms with Crippen LogP contribution < -0.4 is 4.74 Å². The molecule has 0 aromatic heterocycles. The Kier molecular flexibility index (Phi) is 5.39. The minimum atomic E-state index is -0.454. The van der Waals surface area contributed by atoms with Gasteiger partial charge in [-0.2, -0.15) is 0 Å². The van der Waals surface area contributed by atoms with Crippen molar-refractivity contribution >= 4 is 6.09 Å². The minimum Gasteiger partial charge on any atom is -0.508 e. The highest BCUT2D eigenvalue weighted by Gasteiger charge is 2.27. The molecule has 23 heavy (non-hydrogen) atoms. The quantitative estimate of drug-likeness (QED) is 0.921. The number of phenolic OH excluding ortho intramolecular Hbond substituents is 1. The Labute approximate surface area is 138 Å². The molecule has 1 fully saturated rings. The van der Waals surface area contributed by atoms with Crippen molar-refractivity contribution in [3.8, 4) is 11.5 Å². The SMILES string of the molecule is Cc1cc(O)cc(OCC2CCN(C(=O)OC(C)(C)C)CC2)c1. The molecular formula is C18H27NO4. The van der Waals surface area contributed by atoms with Gasteiger partial charge in [0, 0.05) is 19.2 Å². The lowest BCUT2D eigenvalue weighted by Gasteiger charge is -2.33. The molecule has 0 unspecified atom stereocenters. The molecule has 0 spiro atoms. The fourth-order valence-corrected chi connectivity index (χ4v) is 2.63. The van der Waals surface area contributed by atoms with E-state index in [2.05, 4.69) is 0 Å². The number of amides is 1. The van der Waals surface area contributed by atoms with Crippen LogP contribution in [0.1, 0.15) is 39.2 Å². The Morgan fingerprint density at radius 3 is 2.48 bits per heavy atom. The predicted molar refractivity (Wildman–Crippen MR) is 88.9 cm³/mol. The monoisotopic (exact) mass is 321 g/mol. The molecule has 5 heteroatoms. The Bertz CT molecular complexity index is 522. The van der Waals surface area contributed by atoms with Gasteiger partial charge in [0.15, 0.2) is 0 Å². The molecule has 0 radical (unpaired) electrons. The predicted octanol–water partition coefficient (Wildman–Crippen LogP) is 3.73. The van der Waals surface area contributed by atoms with Crippen LogP contribution in [0.3, 0.4) is 0 Å². The first-order valence-corrected chi connectivity index (χ1v) is 8.14. The first-order valence-electron chi connectivity index (χ1n) is 8.14. The summed E-state index contributed by atoms with van der Waals surface area (Å²) in [5.74, 6) is 1.33. The number of carbonyl (C=O) groups is 1. The van der Waals surface area contributed by atoms with Gasteiger partial charge >= 0.3 is 6.09 Å². The largest absolute Gasteiger partial charge is 0.508 e. The van der Waals surface area contributed by atoms with E-state index >= 15 is 0 Å². The number of hydrogen-bond acceptors (Lipinski definition) is 4. The van der Waals surface area contributed by atoms with E-state index in [0.29, 0.717) is 31.4 Å². The molecule has 128 valence electrons. The number of likely N-dealkylation sites (tertiary alicyclic amines) is 1. The summed E-state index contributed by atoms with van der Waals surface area (Å²) in [6.45, 7) is 9.55. The van der Waals surface area contributed by atoms with Crippen LogP contribution in [0.25, 0.3) is 0 Å². The molecule has 1 heterocycles. The van der Waals surface area contributed by atoms with E-state index in [-0.39, 0.29) is 11.8 Å². The molecule has 1 aliphatic rings. The van der Waals surface area contributed by atoms with Crippen molar-refractivity contribution in [1.29, 1.82) is 0 Å². The highest BCUT2D eigenvalue weighted by molar-refractivity contribution is 5.68. The Morgan fingerprint density at radius 1 is 1.26 bits per heavy atom. The third kappa shape index (κ3) is 5.66. The van der Waals surface area contributed by atoms with Crippen LogP contribution in [-0.4, -0.2) is 41.4 Å². The normalized spacial score (nSPS) is 16.3. The van der Waals surface area contributed by atoms with Crippen LogP contribution in [-0.2, 0) is 4.74 Å². The molecule has 5 nitrogen and oxygen atoms in total. The molecule has 0 atom stereocenters. The number of nitrogens with zero attached hydrogens (tertiary/aromatic N) is 1. The van der Waals surface area contributed by atoms with Crippen molar-refractivity contribution in [2.45, 2.75) is 46.1 Å². The van der Waals surface area contributed by atoms with Crippen molar-refractivity contribution in [3.05, 3.63) is 23.8 Å².